The molecule has 0 radical (unpaired) electrons. The van der Waals surface area contributed by atoms with E-state index in [2.05, 4.69) is 16.8 Å². The van der Waals surface area contributed by atoms with Crippen molar-refractivity contribution in [2.75, 3.05) is 13.2 Å². The lowest BCUT2D eigenvalue weighted by molar-refractivity contribution is -0.170. The zero-order chi connectivity index (χ0) is 24.4. The van der Waals surface area contributed by atoms with Gasteiger partial charge in [-0.3, -0.25) is 14.4 Å². The first-order valence-electron chi connectivity index (χ1n) is 10.4. The van der Waals surface area contributed by atoms with Gasteiger partial charge in [0.25, 0.3) is 0 Å². The minimum Gasteiger partial charge on any atom is -0.394 e. The van der Waals surface area contributed by atoms with Crippen molar-refractivity contribution in [3.63, 3.8) is 0 Å². The Morgan fingerprint density at radius 3 is 2.76 bits per heavy atom. The summed E-state index contributed by atoms with van der Waals surface area (Å²) in [6.07, 6.45) is 1.82. The number of fused-ring (bicyclic) bond motifs is 1. The number of hydrogen-bond donors (Lipinski definition) is 3. The zero-order valence-electron chi connectivity index (χ0n) is 18.4. The highest BCUT2D eigenvalue weighted by molar-refractivity contribution is 6.12. The Morgan fingerprint density at radius 1 is 1.42 bits per heavy atom. The molecule has 0 saturated heterocycles. The first-order chi connectivity index (χ1) is 15.5. The van der Waals surface area contributed by atoms with Gasteiger partial charge in [0.05, 0.1) is 43.4 Å². The summed E-state index contributed by atoms with van der Waals surface area (Å²) in [4.78, 5) is 4.87. The van der Waals surface area contributed by atoms with Crippen LogP contribution >= 0.6 is 0 Å². The van der Waals surface area contributed by atoms with E-state index < -0.39 is 30.5 Å². The number of rotatable bonds is 9. The van der Waals surface area contributed by atoms with Crippen LogP contribution < -0.4 is 5.84 Å². The minimum absolute atomic E-state index is 0.0177. The monoisotopic (exact) mass is 467 g/mol. The third kappa shape index (κ3) is 5.18. The quantitative estimate of drug-likeness (QED) is 0.294. The number of aliphatic imine (C=N–C) groups is 1. The average Bonchev–Trinajstić information content (AvgIpc) is 3.40. The lowest BCUT2D eigenvalue weighted by atomic mass is 9.90. The summed E-state index contributed by atoms with van der Waals surface area (Å²) >= 11 is 0. The number of halogens is 3. The topological polar surface area (TPSA) is 118 Å². The molecule has 0 spiro atoms. The molecule has 0 saturated carbocycles. The Balaban J connectivity index is 2.03. The van der Waals surface area contributed by atoms with Crippen LogP contribution in [0, 0.1) is 0 Å². The average molecular weight is 467 g/mol. The van der Waals surface area contributed by atoms with Gasteiger partial charge in [-0.25, -0.2) is 5.84 Å². The predicted molar refractivity (Wildman–Crippen MR) is 116 cm³/mol. The first kappa shape index (κ1) is 24.7. The molecule has 0 aromatic carbocycles. The Kier molecular flexibility index (Phi) is 7.10. The van der Waals surface area contributed by atoms with Crippen molar-refractivity contribution in [3.05, 3.63) is 60.3 Å². The Morgan fingerprint density at radius 2 is 2.15 bits per heavy atom. The molecule has 12 heteroatoms. The van der Waals surface area contributed by atoms with E-state index in [1.54, 1.807) is 29.2 Å². The van der Waals surface area contributed by atoms with Crippen LogP contribution in [0.4, 0.5) is 13.2 Å². The molecule has 3 rings (SSSR count). The number of aromatic nitrogens is 4. The molecule has 180 valence electrons. The van der Waals surface area contributed by atoms with Gasteiger partial charge in [0, 0.05) is 24.2 Å². The highest BCUT2D eigenvalue weighted by Crippen LogP contribution is 2.34. The lowest BCUT2D eigenvalue weighted by Gasteiger charge is -2.33. The summed E-state index contributed by atoms with van der Waals surface area (Å²) < 4.78 is 42.8. The van der Waals surface area contributed by atoms with Gasteiger partial charge < -0.3 is 15.2 Å². The molecule has 2 unspecified atom stereocenters. The Labute approximate surface area is 189 Å². The minimum atomic E-state index is -4.43. The Hall–Kier alpha value is -2.96. The number of nitrogens with zero attached hydrogens (tertiary/aromatic N) is 6. The van der Waals surface area contributed by atoms with Gasteiger partial charge in [-0.2, -0.15) is 23.4 Å². The van der Waals surface area contributed by atoms with Gasteiger partial charge in [0.15, 0.2) is 0 Å². The number of alkyl halides is 3. The molecule has 1 aliphatic heterocycles. The molecule has 0 aliphatic carbocycles. The molecule has 2 aromatic heterocycles. The normalized spacial score (nSPS) is 20.7. The van der Waals surface area contributed by atoms with E-state index in [-0.39, 0.29) is 13.0 Å². The first-order valence-corrected chi connectivity index (χ1v) is 10.4. The summed E-state index contributed by atoms with van der Waals surface area (Å²) in [6, 6.07) is 0.000130. The number of hydrogen-bond acceptors (Lipinski definition) is 7. The summed E-state index contributed by atoms with van der Waals surface area (Å²) in [7, 11) is 0. The molecule has 1 aliphatic rings. The second kappa shape index (κ2) is 9.49. The molecule has 2 aromatic rings. The van der Waals surface area contributed by atoms with Crippen molar-refractivity contribution in [3.8, 4) is 0 Å². The second-order valence-corrected chi connectivity index (χ2v) is 8.10. The Bertz CT molecular complexity index is 1040. The van der Waals surface area contributed by atoms with Crippen LogP contribution in [-0.4, -0.2) is 71.5 Å². The summed E-state index contributed by atoms with van der Waals surface area (Å²) in [5.41, 5.74) is 1.21. The molecule has 0 bridgehead atoms. The van der Waals surface area contributed by atoms with Crippen LogP contribution in [0.1, 0.15) is 37.6 Å². The van der Waals surface area contributed by atoms with Gasteiger partial charge in [-0.05, 0) is 25.0 Å². The van der Waals surface area contributed by atoms with Crippen LogP contribution in [0.15, 0.2) is 54.1 Å². The molecule has 0 amide bonds. The van der Waals surface area contributed by atoms with Crippen molar-refractivity contribution in [2.24, 2.45) is 10.8 Å². The third-order valence-electron chi connectivity index (χ3n) is 5.51. The summed E-state index contributed by atoms with van der Waals surface area (Å²) in [6.45, 7) is 7.00. The van der Waals surface area contributed by atoms with Crippen molar-refractivity contribution in [1.82, 2.24) is 24.6 Å². The van der Waals surface area contributed by atoms with Gasteiger partial charge in [-0.1, -0.05) is 19.6 Å². The molecule has 0 fully saturated rings. The van der Waals surface area contributed by atoms with E-state index in [1.807, 2.05) is 6.92 Å². The third-order valence-corrected chi connectivity index (χ3v) is 5.51. The molecule has 33 heavy (non-hydrogen) atoms. The van der Waals surface area contributed by atoms with Crippen molar-refractivity contribution >= 4 is 5.71 Å². The molecular formula is C21H28F3N7O2. The van der Waals surface area contributed by atoms with Crippen LogP contribution in [0.2, 0.25) is 0 Å². The zero-order valence-corrected chi connectivity index (χ0v) is 18.4. The van der Waals surface area contributed by atoms with Crippen LogP contribution in [0.5, 0.6) is 0 Å². The van der Waals surface area contributed by atoms with Crippen molar-refractivity contribution < 1.29 is 23.4 Å². The van der Waals surface area contributed by atoms with Crippen molar-refractivity contribution in [2.45, 2.75) is 50.7 Å². The van der Waals surface area contributed by atoms with Gasteiger partial charge in [-0.15, -0.1) is 0 Å². The maximum absolute atomic E-state index is 13.4. The maximum atomic E-state index is 13.4. The fourth-order valence-corrected chi connectivity index (χ4v) is 3.80. The number of nitrogens with two attached hydrogens (primary N) is 1. The second-order valence-electron chi connectivity index (χ2n) is 8.10. The predicted octanol–water partition coefficient (Wildman–Crippen LogP) is 1.80. The number of aliphatic hydroxyl groups excluding tert-OH is 2. The van der Waals surface area contributed by atoms with Crippen LogP contribution in [0.3, 0.4) is 0 Å². The van der Waals surface area contributed by atoms with Gasteiger partial charge >= 0.3 is 6.18 Å². The number of hydrazine groups is 1. The van der Waals surface area contributed by atoms with Crippen molar-refractivity contribution in [1.29, 1.82) is 0 Å². The molecule has 4 N–H and O–H groups in total. The van der Waals surface area contributed by atoms with Crippen LogP contribution in [0.25, 0.3) is 0 Å². The fourth-order valence-electron chi connectivity index (χ4n) is 3.80. The smallest absolute Gasteiger partial charge is 0.394 e. The SMILES string of the molecule is C=C/C(=C\N(N)C[C@@H](O)CO)C1(C)Cn2nccc2C(c2cnn(C(CC)C(F)(F)F)c2)=N1. The lowest BCUT2D eigenvalue weighted by Crippen LogP contribution is -2.41. The van der Waals surface area contributed by atoms with E-state index >= 15 is 0 Å². The molecule has 3 heterocycles. The highest BCUT2D eigenvalue weighted by Gasteiger charge is 2.41. The summed E-state index contributed by atoms with van der Waals surface area (Å²) in [5, 5.41) is 28.2. The van der Waals surface area contributed by atoms with E-state index in [0.717, 1.165) is 4.68 Å². The van der Waals surface area contributed by atoms with Gasteiger partial charge in [0.1, 0.15) is 11.6 Å². The largest absolute Gasteiger partial charge is 0.410 e. The van der Waals surface area contributed by atoms with Gasteiger partial charge in [0.2, 0.25) is 0 Å². The molecule has 9 nitrogen and oxygen atoms in total. The molecule has 3 atom stereocenters. The fraction of sp³-hybridized carbons (Fsp3) is 0.476. The molecular weight excluding hydrogens is 439 g/mol. The highest BCUT2D eigenvalue weighted by atomic mass is 19.4. The van der Waals surface area contributed by atoms with E-state index in [4.69, 9.17) is 15.9 Å². The van der Waals surface area contributed by atoms with E-state index in [9.17, 15) is 18.3 Å². The van der Waals surface area contributed by atoms with E-state index in [1.165, 1.54) is 24.3 Å². The number of aliphatic hydroxyl groups is 2. The maximum Gasteiger partial charge on any atom is 0.410 e. The summed E-state index contributed by atoms with van der Waals surface area (Å²) in [5.74, 6) is 5.95. The van der Waals surface area contributed by atoms with Crippen LogP contribution in [-0.2, 0) is 6.54 Å². The standard InChI is InChI=1S/C21H28F3N7O2/c1-4-15(10-29(25)11-16(33)12-32)20(3)13-31-17(6-7-26-31)19(28-20)14-8-27-30(9-14)18(5-2)21(22,23)24/h4,6-10,16,18,32-33H,1,5,11-13,25H2,2-3H3/b15-10+/t16-,18?,20?/m1/s1. The van der Waals surface area contributed by atoms with E-state index in [0.29, 0.717) is 29.1 Å².